The van der Waals surface area contributed by atoms with Crippen LogP contribution in [0, 0.1) is 25.2 Å². The van der Waals surface area contributed by atoms with Crippen molar-refractivity contribution in [1.29, 1.82) is 5.26 Å². The van der Waals surface area contributed by atoms with Crippen molar-refractivity contribution in [2.45, 2.75) is 40.3 Å². The number of nitrogens with one attached hydrogen (secondary N) is 1. The number of benzene rings is 2. The monoisotopic (exact) mass is 398 g/mol. The highest BCUT2D eigenvalue weighted by molar-refractivity contribution is 6.02. The Labute approximate surface area is 177 Å². The maximum atomic E-state index is 12.4. The summed E-state index contributed by atoms with van der Waals surface area (Å²) in [6.07, 6.45) is 3.51. The van der Waals surface area contributed by atoms with Gasteiger partial charge in [0.15, 0.2) is 0 Å². The van der Waals surface area contributed by atoms with Crippen molar-refractivity contribution in [3.63, 3.8) is 0 Å². The fourth-order valence-corrected chi connectivity index (χ4v) is 3.15. The van der Waals surface area contributed by atoms with E-state index in [4.69, 9.17) is 5.10 Å². The summed E-state index contributed by atoms with van der Waals surface area (Å²) >= 11 is 0. The summed E-state index contributed by atoms with van der Waals surface area (Å²) in [6.45, 7) is 8.47. The van der Waals surface area contributed by atoms with E-state index in [1.165, 1.54) is 5.56 Å². The highest BCUT2D eigenvalue weighted by atomic mass is 16.1. The Morgan fingerprint density at radius 3 is 2.53 bits per heavy atom. The molecule has 152 valence electrons. The van der Waals surface area contributed by atoms with Crippen LogP contribution in [0.1, 0.15) is 36.1 Å². The Balaban J connectivity index is 2.07. The van der Waals surface area contributed by atoms with Crippen LogP contribution in [0.25, 0.3) is 17.3 Å². The predicted octanol–water partition coefficient (Wildman–Crippen LogP) is 4.65. The molecule has 1 aromatic heterocycles. The molecule has 3 rings (SSSR count). The molecule has 0 aliphatic rings. The smallest absolute Gasteiger partial charge is 0.262 e. The summed E-state index contributed by atoms with van der Waals surface area (Å²) in [6, 6.07) is 18.2. The van der Waals surface area contributed by atoms with E-state index < -0.39 is 0 Å². The molecule has 5 nitrogen and oxygen atoms in total. The van der Waals surface area contributed by atoms with E-state index in [1.54, 1.807) is 6.08 Å². The quantitative estimate of drug-likeness (QED) is 0.485. The van der Waals surface area contributed by atoms with E-state index in [2.05, 4.69) is 31.3 Å². The van der Waals surface area contributed by atoms with Gasteiger partial charge >= 0.3 is 0 Å². The molecule has 0 bridgehead atoms. The highest BCUT2D eigenvalue weighted by Crippen LogP contribution is 2.26. The Kier molecular flexibility index (Phi) is 6.48. The van der Waals surface area contributed by atoms with Crippen LogP contribution in [0.15, 0.2) is 60.3 Å². The van der Waals surface area contributed by atoms with E-state index >= 15 is 0 Å². The van der Waals surface area contributed by atoms with Gasteiger partial charge in [-0.1, -0.05) is 42.5 Å². The van der Waals surface area contributed by atoms with Crippen LogP contribution < -0.4 is 5.32 Å². The molecule has 0 saturated carbocycles. The first kappa shape index (κ1) is 21.1. The molecule has 30 heavy (non-hydrogen) atoms. The van der Waals surface area contributed by atoms with Crippen molar-refractivity contribution in [2.24, 2.45) is 0 Å². The predicted molar refractivity (Wildman–Crippen MR) is 120 cm³/mol. The van der Waals surface area contributed by atoms with Gasteiger partial charge in [0.2, 0.25) is 0 Å². The number of carbonyl (C=O) groups is 1. The zero-order valence-corrected chi connectivity index (χ0v) is 17.8. The summed E-state index contributed by atoms with van der Waals surface area (Å²) in [5.41, 5.74) is 6.00. The number of nitriles is 1. The second-order valence-corrected chi connectivity index (χ2v) is 7.71. The number of aromatic nitrogens is 2. The first-order valence-corrected chi connectivity index (χ1v) is 9.99. The van der Waals surface area contributed by atoms with Gasteiger partial charge in [0.05, 0.1) is 12.2 Å². The van der Waals surface area contributed by atoms with Crippen LogP contribution in [0.3, 0.4) is 0 Å². The maximum Gasteiger partial charge on any atom is 0.262 e. The van der Waals surface area contributed by atoms with Crippen LogP contribution in [0.5, 0.6) is 0 Å². The summed E-state index contributed by atoms with van der Waals surface area (Å²) in [5.74, 6) is -0.380. The van der Waals surface area contributed by atoms with Crippen LogP contribution in [-0.4, -0.2) is 21.7 Å². The molecule has 2 aromatic carbocycles. The maximum absolute atomic E-state index is 12.4. The molecular formula is C25H26N4O. The molecule has 5 heteroatoms. The van der Waals surface area contributed by atoms with E-state index in [1.807, 2.05) is 67.2 Å². The van der Waals surface area contributed by atoms with Crippen molar-refractivity contribution < 1.29 is 4.79 Å². The van der Waals surface area contributed by atoms with Crippen LogP contribution >= 0.6 is 0 Å². The van der Waals surface area contributed by atoms with Crippen molar-refractivity contribution in [2.75, 3.05) is 0 Å². The minimum atomic E-state index is -0.380. The average molecular weight is 399 g/mol. The lowest BCUT2D eigenvalue weighted by Crippen LogP contribution is -2.30. The summed E-state index contributed by atoms with van der Waals surface area (Å²) in [4.78, 5) is 12.4. The Hall–Kier alpha value is -3.65. The molecule has 0 spiro atoms. The number of hydrogen-bond donors (Lipinski definition) is 1. The Morgan fingerprint density at radius 1 is 1.17 bits per heavy atom. The molecule has 1 amide bonds. The van der Waals surface area contributed by atoms with E-state index in [0.717, 1.165) is 27.9 Å². The molecule has 0 fully saturated rings. The van der Waals surface area contributed by atoms with Crippen molar-refractivity contribution in [3.8, 4) is 17.3 Å². The van der Waals surface area contributed by atoms with Crippen molar-refractivity contribution >= 4 is 12.0 Å². The van der Waals surface area contributed by atoms with Gasteiger partial charge in [-0.2, -0.15) is 10.4 Å². The van der Waals surface area contributed by atoms with Crippen LogP contribution in [0.4, 0.5) is 0 Å². The van der Waals surface area contributed by atoms with Gasteiger partial charge < -0.3 is 5.32 Å². The normalized spacial score (nSPS) is 11.4. The van der Waals surface area contributed by atoms with Crippen LogP contribution in [-0.2, 0) is 11.3 Å². The molecule has 0 radical (unpaired) electrons. The van der Waals surface area contributed by atoms with Crippen molar-refractivity contribution in [1.82, 2.24) is 15.1 Å². The second kappa shape index (κ2) is 9.23. The van der Waals surface area contributed by atoms with E-state index in [-0.39, 0.29) is 17.5 Å². The number of carbonyl (C=O) groups excluding carboxylic acids is 1. The van der Waals surface area contributed by atoms with Gasteiger partial charge in [-0.15, -0.1) is 0 Å². The second-order valence-electron chi connectivity index (χ2n) is 7.71. The lowest BCUT2D eigenvalue weighted by molar-refractivity contribution is -0.117. The van der Waals surface area contributed by atoms with Gasteiger partial charge in [0.25, 0.3) is 5.91 Å². The molecule has 0 unspecified atom stereocenters. The average Bonchev–Trinajstić information content (AvgIpc) is 3.10. The molecule has 0 aliphatic heterocycles. The SMILES string of the molecule is Cc1ccc(-c2nn(Cc3ccccc3)cc2/C=C(\C#N)C(=O)NC(C)C)cc1C. The first-order chi connectivity index (χ1) is 14.4. The fourth-order valence-electron chi connectivity index (χ4n) is 3.15. The number of hydrogen-bond acceptors (Lipinski definition) is 3. The molecule has 1 heterocycles. The topological polar surface area (TPSA) is 70.7 Å². The number of rotatable bonds is 6. The molecule has 1 N–H and O–H groups in total. The van der Waals surface area contributed by atoms with Gasteiger partial charge in [-0.3, -0.25) is 9.48 Å². The van der Waals surface area contributed by atoms with E-state index in [9.17, 15) is 10.1 Å². The van der Waals surface area contributed by atoms with Gasteiger partial charge in [0, 0.05) is 23.4 Å². The highest BCUT2D eigenvalue weighted by Gasteiger charge is 2.15. The molecular weight excluding hydrogens is 372 g/mol. The molecule has 0 saturated heterocycles. The summed E-state index contributed by atoms with van der Waals surface area (Å²) in [7, 11) is 0. The van der Waals surface area contributed by atoms with Gasteiger partial charge in [0.1, 0.15) is 11.6 Å². The third-order valence-corrected chi connectivity index (χ3v) is 4.84. The Morgan fingerprint density at radius 2 is 1.90 bits per heavy atom. The third kappa shape index (κ3) is 5.03. The third-order valence-electron chi connectivity index (χ3n) is 4.84. The number of amides is 1. The Bertz CT molecular complexity index is 1120. The lowest BCUT2D eigenvalue weighted by Gasteiger charge is -2.07. The molecule has 0 atom stereocenters. The zero-order valence-electron chi connectivity index (χ0n) is 17.8. The summed E-state index contributed by atoms with van der Waals surface area (Å²) in [5, 5.41) is 17.1. The van der Waals surface area contributed by atoms with Crippen molar-refractivity contribution in [3.05, 3.63) is 82.6 Å². The number of aryl methyl sites for hydroxylation is 2. The minimum absolute atomic E-state index is 0.0470. The largest absolute Gasteiger partial charge is 0.349 e. The summed E-state index contributed by atoms with van der Waals surface area (Å²) < 4.78 is 1.85. The zero-order chi connectivity index (χ0) is 21.7. The lowest BCUT2D eigenvalue weighted by atomic mass is 10.0. The fraction of sp³-hybridized carbons (Fsp3) is 0.240. The van der Waals surface area contributed by atoms with Gasteiger partial charge in [-0.05, 0) is 56.5 Å². The molecule has 3 aromatic rings. The van der Waals surface area contributed by atoms with Crippen LogP contribution in [0.2, 0.25) is 0 Å². The number of nitrogens with zero attached hydrogens (tertiary/aromatic N) is 3. The van der Waals surface area contributed by atoms with E-state index in [0.29, 0.717) is 6.54 Å². The first-order valence-electron chi connectivity index (χ1n) is 9.99. The standard InChI is InChI=1S/C25H26N4O/c1-17(2)27-25(30)22(14-26)13-23-16-29(15-20-8-6-5-7-9-20)28-24(23)21-11-10-18(3)19(4)12-21/h5-13,16-17H,15H2,1-4H3,(H,27,30)/b22-13+. The molecule has 0 aliphatic carbocycles. The minimum Gasteiger partial charge on any atom is -0.349 e. The van der Waals surface area contributed by atoms with Gasteiger partial charge in [-0.25, -0.2) is 0 Å².